The van der Waals surface area contributed by atoms with E-state index in [9.17, 15) is 0 Å². The number of hydrogen-bond donors (Lipinski definition) is 0. The second kappa shape index (κ2) is 13.2. The fourth-order valence-electron chi connectivity index (χ4n) is 6.51. The summed E-state index contributed by atoms with van der Waals surface area (Å²) in [6.07, 6.45) is 8.28. The van der Waals surface area contributed by atoms with Gasteiger partial charge in [0.25, 0.3) is 6.33 Å². The van der Waals surface area contributed by atoms with E-state index in [0.29, 0.717) is 23.0 Å². The first-order valence-electron chi connectivity index (χ1n) is 22.1. The van der Waals surface area contributed by atoms with Gasteiger partial charge in [-0.25, -0.2) is 4.98 Å². The Morgan fingerprint density at radius 3 is 2.15 bits per heavy atom. The van der Waals surface area contributed by atoms with Crippen molar-refractivity contribution in [1.29, 1.82) is 0 Å². The van der Waals surface area contributed by atoms with Gasteiger partial charge in [-0.05, 0) is 82.2 Å². The number of aromatic nitrogens is 4. The monoisotopic (exact) mass is 683 g/mol. The van der Waals surface area contributed by atoms with E-state index in [4.69, 9.17) is 24.8 Å². The van der Waals surface area contributed by atoms with Gasteiger partial charge in [0.2, 0.25) is 0 Å². The van der Waals surface area contributed by atoms with Crippen molar-refractivity contribution in [3.05, 3.63) is 188 Å². The number of benzene rings is 6. The summed E-state index contributed by atoms with van der Waals surface area (Å²) in [6.45, 7) is 3.68. The van der Waals surface area contributed by atoms with Crippen molar-refractivity contribution in [2.75, 3.05) is 0 Å². The number of rotatable bonds is 8. The number of para-hydroxylation sites is 2. The third-order valence-corrected chi connectivity index (χ3v) is 8.92. The Hall–Kier alpha value is -6.72. The summed E-state index contributed by atoms with van der Waals surface area (Å²) < 4.78 is 106. The van der Waals surface area contributed by atoms with Crippen LogP contribution in [0.4, 0.5) is 0 Å². The summed E-state index contributed by atoms with van der Waals surface area (Å²) in [5, 5.41) is 2.04. The number of nitrogens with zero attached hydrogens (tertiary/aromatic N) is 4. The van der Waals surface area contributed by atoms with E-state index in [-0.39, 0.29) is 27.9 Å². The fraction of sp³-hybridized carbons (Fsp3) is 0.0638. The number of hydrogen-bond acceptors (Lipinski definition) is 2. The van der Waals surface area contributed by atoms with Crippen molar-refractivity contribution in [1.82, 2.24) is 14.1 Å². The van der Waals surface area contributed by atoms with Crippen LogP contribution in [0.5, 0.6) is 11.5 Å². The predicted molar refractivity (Wildman–Crippen MR) is 210 cm³/mol. The summed E-state index contributed by atoms with van der Waals surface area (Å²) in [5.41, 5.74) is 3.50. The third kappa shape index (κ3) is 5.72. The highest BCUT2D eigenvalue weighted by molar-refractivity contribution is 6.09. The van der Waals surface area contributed by atoms with Gasteiger partial charge in [-0.15, -0.1) is 0 Å². The number of pyridine rings is 1. The van der Waals surface area contributed by atoms with E-state index in [1.807, 2.05) is 80.6 Å². The van der Waals surface area contributed by atoms with Crippen LogP contribution in [0.15, 0.2) is 176 Å². The Kier molecular flexibility index (Phi) is 5.45. The highest BCUT2D eigenvalue weighted by Gasteiger charge is 2.17. The Balaban J connectivity index is 1.15. The van der Waals surface area contributed by atoms with Crippen molar-refractivity contribution in [2.45, 2.75) is 19.7 Å². The van der Waals surface area contributed by atoms with E-state index in [2.05, 4.69) is 17.0 Å². The average molecular weight is 684 g/mol. The lowest BCUT2D eigenvalue weighted by Gasteiger charge is -2.16. The van der Waals surface area contributed by atoms with Crippen LogP contribution in [-0.2, 0) is 0 Å². The topological polar surface area (TPSA) is 35.9 Å². The highest BCUT2D eigenvalue weighted by atomic mass is 16.5. The number of ether oxygens (including phenoxy) is 1. The van der Waals surface area contributed by atoms with Gasteiger partial charge in [0, 0.05) is 36.8 Å². The molecule has 0 amide bonds. The van der Waals surface area contributed by atoms with Gasteiger partial charge in [-0.2, -0.15) is 0 Å². The maximum absolute atomic E-state index is 8.82. The Labute approximate surface area is 318 Å². The van der Waals surface area contributed by atoms with Gasteiger partial charge < -0.3 is 4.74 Å². The van der Waals surface area contributed by atoms with Crippen molar-refractivity contribution in [3.63, 3.8) is 0 Å². The molecule has 0 atom stereocenters. The molecular weight excluding hydrogens is 637 g/mol. The van der Waals surface area contributed by atoms with E-state index in [1.165, 1.54) is 4.57 Å². The molecule has 5 heteroatoms. The second-order valence-corrected chi connectivity index (χ2v) is 12.4. The smallest absolute Gasteiger partial charge is 0.268 e. The molecule has 3 aromatic heterocycles. The van der Waals surface area contributed by atoms with Gasteiger partial charge in [-0.1, -0.05) is 117 Å². The maximum Gasteiger partial charge on any atom is 0.268 e. The third-order valence-electron chi connectivity index (χ3n) is 8.92. The number of fused-ring (bicyclic) bond motifs is 3. The van der Waals surface area contributed by atoms with Crippen LogP contribution in [0.25, 0.3) is 61.3 Å². The molecule has 9 aromatic rings. The van der Waals surface area contributed by atoms with Crippen molar-refractivity contribution in [3.8, 4) is 50.9 Å². The maximum atomic E-state index is 8.82. The predicted octanol–water partition coefficient (Wildman–Crippen LogP) is 11.3. The lowest BCUT2D eigenvalue weighted by Crippen LogP contribution is -2.30. The molecular formula is C47H36N4O. The zero-order valence-corrected chi connectivity index (χ0v) is 28.2. The van der Waals surface area contributed by atoms with Crippen LogP contribution >= 0.6 is 0 Å². The molecule has 5 nitrogen and oxygen atoms in total. The normalized spacial score (nSPS) is 14.6. The molecule has 0 aliphatic heterocycles. The highest BCUT2D eigenvalue weighted by Crippen LogP contribution is 2.36. The lowest BCUT2D eigenvalue weighted by molar-refractivity contribution is -0.598. The molecule has 3 heterocycles. The molecule has 0 aliphatic rings. The van der Waals surface area contributed by atoms with Gasteiger partial charge >= 0.3 is 0 Å². The molecule has 0 saturated carbocycles. The van der Waals surface area contributed by atoms with E-state index in [0.717, 1.165) is 27.4 Å². The minimum absolute atomic E-state index is 0.131. The van der Waals surface area contributed by atoms with E-state index in [1.54, 1.807) is 47.4 Å². The van der Waals surface area contributed by atoms with Crippen molar-refractivity contribution >= 4 is 21.8 Å². The van der Waals surface area contributed by atoms with Gasteiger partial charge in [0.15, 0.2) is 0 Å². The van der Waals surface area contributed by atoms with Gasteiger partial charge in [-0.3, -0.25) is 13.7 Å². The van der Waals surface area contributed by atoms with Crippen LogP contribution in [0.1, 0.15) is 40.4 Å². The SMILES string of the molecule is [2H]c1c([2H])c([2H])c(-c2cccc(-c3c([2H])c([2H])c([2H])c([2H])c3[2H])c2-[n+]2[c-]n(-c3cccc(Oc4ccc5c6ccccc6n(-c6cc(C([2H])(C)C)ccn6)c5c4)c3)cc2)c([2H])c1[2H]. The molecule has 250 valence electrons. The molecule has 0 unspecified atom stereocenters. The fourth-order valence-corrected chi connectivity index (χ4v) is 6.51. The summed E-state index contributed by atoms with van der Waals surface area (Å²) >= 11 is 0. The van der Waals surface area contributed by atoms with Crippen LogP contribution in [0.2, 0.25) is 0 Å². The van der Waals surface area contributed by atoms with E-state index < -0.39 is 66.3 Å². The molecule has 0 aliphatic carbocycles. The molecule has 52 heavy (non-hydrogen) atoms. The summed E-state index contributed by atoms with van der Waals surface area (Å²) in [6, 6.07) is 24.5. The second-order valence-electron chi connectivity index (χ2n) is 12.4. The molecule has 0 spiro atoms. The lowest BCUT2D eigenvalue weighted by atomic mass is 9.96. The average Bonchev–Trinajstić information content (AvgIpc) is 3.90. The molecule has 0 saturated heterocycles. The number of imidazole rings is 1. The van der Waals surface area contributed by atoms with Gasteiger partial charge in [0.05, 0.1) is 36.1 Å². The van der Waals surface area contributed by atoms with Crippen LogP contribution in [-0.4, -0.2) is 14.1 Å². The van der Waals surface area contributed by atoms with Gasteiger partial charge in [0.1, 0.15) is 17.3 Å². The molecule has 0 N–H and O–H groups in total. The molecule has 0 fully saturated rings. The Morgan fingerprint density at radius 1 is 0.712 bits per heavy atom. The molecule has 0 radical (unpaired) electrons. The van der Waals surface area contributed by atoms with Crippen LogP contribution < -0.4 is 9.30 Å². The first-order chi connectivity index (χ1) is 30.0. The minimum Gasteiger partial charge on any atom is -0.458 e. The van der Waals surface area contributed by atoms with Crippen molar-refractivity contribution < 1.29 is 24.4 Å². The largest absolute Gasteiger partial charge is 0.458 e. The van der Waals surface area contributed by atoms with Crippen LogP contribution in [0.3, 0.4) is 0 Å². The van der Waals surface area contributed by atoms with E-state index >= 15 is 0 Å². The zero-order valence-electron chi connectivity index (χ0n) is 39.2. The Bertz CT molecular complexity index is 3190. The standard InChI is InChI=1S/C47H36N4O/c1-33(2)36-25-26-48-46(29-36)51-44-22-10-9-19-42(44)43-24-23-39(31-45(43)51)52-38-18-11-17-37(30-38)49-27-28-50(32-49)47-40(34-13-5-3-6-14-34)20-12-21-41(47)35-15-7-4-8-16-35/h3-31,33H,1-2H3/i3D,4D,5D,6D,7D,8D,13D,14D,15D,16D,33D. The summed E-state index contributed by atoms with van der Waals surface area (Å²) in [7, 11) is 0. The quantitative estimate of drug-likeness (QED) is 0.118. The van der Waals surface area contributed by atoms with Crippen LogP contribution in [0, 0.1) is 6.33 Å². The minimum atomic E-state index is -0.827. The Morgan fingerprint density at radius 2 is 1.40 bits per heavy atom. The molecule has 0 bridgehead atoms. The summed E-state index contributed by atoms with van der Waals surface area (Å²) in [5.74, 6) is 0.908. The summed E-state index contributed by atoms with van der Waals surface area (Å²) in [4.78, 5) is 4.71. The first-order valence-corrected chi connectivity index (χ1v) is 16.6. The molecule has 6 aromatic carbocycles. The first kappa shape index (κ1) is 21.5. The van der Waals surface area contributed by atoms with Crippen molar-refractivity contribution in [2.24, 2.45) is 0 Å². The zero-order chi connectivity index (χ0) is 44.6. The molecule has 9 rings (SSSR count).